The number of hydrogen-bond acceptors (Lipinski definition) is 2. The Labute approximate surface area is 72.8 Å². The lowest BCUT2D eigenvalue weighted by molar-refractivity contribution is 0.558. The van der Waals surface area contributed by atoms with Crippen molar-refractivity contribution in [3.05, 3.63) is 18.2 Å². The quantitative estimate of drug-likeness (QED) is 0.735. The van der Waals surface area contributed by atoms with Gasteiger partial charge in [0.25, 0.3) is 0 Å². The minimum absolute atomic E-state index is 0.362. The van der Waals surface area contributed by atoms with Gasteiger partial charge in [-0.25, -0.2) is 4.98 Å². The Kier molecular flexibility index (Phi) is 1.89. The molecule has 0 bridgehead atoms. The molecule has 3 heteroatoms. The van der Waals surface area contributed by atoms with Crippen molar-refractivity contribution in [1.82, 2.24) is 14.9 Å². The lowest BCUT2D eigenvalue weighted by Crippen LogP contribution is -2.17. The van der Waals surface area contributed by atoms with E-state index in [9.17, 15) is 0 Å². The maximum absolute atomic E-state index is 4.35. The predicted molar refractivity (Wildman–Crippen MR) is 48.0 cm³/mol. The van der Waals surface area contributed by atoms with Crippen LogP contribution in [0.3, 0.4) is 0 Å². The van der Waals surface area contributed by atoms with Crippen molar-refractivity contribution in [2.75, 3.05) is 7.05 Å². The first-order chi connectivity index (χ1) is 5.83. The normalized spacial score (nSPS) is 19.5. The summed E-state index contributed by atoms with van der Waals surface area (Å²) in [7, 11) is 1.97. The van der Waals surface area contributed by atoms with Gasteiger partial charge in [0.2, 0.25) is 0 Å². The molecule has 1 aliphatic rings. The third kappa shape index (κ3) is 1.25. The van der Waals surface area contributed by atoms with Gasteiger partial charge in [-0.1, -0.05) is 0 Å². The third-order valence-corrected chi connectivity index (χ3v) is 2.46. The summed E-state index contributed by atoms with van der Waals surface area (Å²) in [4.78, 5) is 4.35. The van der Waals surface area contributed by atoms with E-state index < -0.39 is 0 Å². The van der Waals surface area contributed by atoms with Gasteiger partial charge in [0, 0.05) is 18.4 Å². The summed E-state index contributed by atoms with van der Waals surface area (Å²) in [6, 6.07) is 1.10. The molecule has 1 aromatic heterocycles. The molecule has 0 aliphatic heterocycles. The Hall–Kier alpha value is -0.830. The smallest absolute Gasteiger partial charge is 0.125 e. The lowest BCUT2D eigenvalue weighted by Gasteiger charge is -2.11. The number of hydrogen-bond donors (Lipinski definition) is 1. The zero-order valence-electron chi connectivity index (χ0n) is 7.62. The van der Waals surface area contributed by atoms with E-state index in [2.05, 4.69) is 28.0 Å². The fourth-order valence-electron chi connectivity index (χ4n) is 1.45. The maximum atomic E-state index is 4.35. The van der Waals surface area contributed by atoms with Gasteiger partial charge >= 0.3 is 0 Å². The van der Waals surface area contributed by atoms with Crippen LogP contribution in [-0.4, -0.2) is 16.6 Å². The predicted octanol–water partition coefficient (Wildman–Crippen LogP) is 1.50. The number of nitrogens with one attached hydrogen (secondary N) is 1. The van der Waals surface area contributed by atoms with E-state index in [0.717, 1.165) is 6.04 Å². The first-order valence-corrected chi connectivity index (χ1v) is 4.53. The average molecular weight is 165 g/mol. The Morgan fingerprint density at radius 3 is 3.00 bits per heavy atom. The molecule has 1 heterocycles. The summed E-state index contributed by atoms with van der Waals surface area (Å²) >= 11 is 0. The van der Waals surface area contributed by atoms with Crippen LogP contribution in [0.1, 0.15) is 37.7 Å². The first-order valence-electron chi connectivity index (χ1n) is 4.53. The molecule has 1 fully saturated rings. The molecule has 0 spiro atoms. The van der Waals surface area contributed by atoms with Crippen LogP contribution in [-0.2, 0) is 0 Å². The Bertz CT molecular complexity index is 262. The van der Waals surface area contributed by atoms with Crippen molar-refractivity contribution in [3.8, 4) is 0 Å². The highest BCUT2D eigenvalue weighted by atomic mass is 15.1. The van der Waals surface area contributed by atoms with Crippen molar-refractivity contribution in [3.63, 3.8) is 0 Å². The topological polar surface area (TPSA) is 29.9 Å². The van der Waals surface area contributed by atoms with E-state index in [1.807, 2.05) is 13.2 Å². The summed E-state index contributed by atoms with van der Waals surface area (Å²) in [5, 5.41) is 3.21. The molecule has 2 rings (SSSR count). The minimum atomic E-state index is 0.362. The van der Waals surface area contributed by atoms with E-state index in [1.165, 1.54) is 18.7 Å². The number of nitrogens with zero attached hydrogens (tertiary/aromatic N) is 2. The summed E-state index contributed by atoms with van der Waals surface area (Å²) in [6.45, 7) is 2.14. The van der Waals surface area contributed by atoms with Gasteiger partial charge < -0.3 is 9.88 Å². The van der Waals surface area contributed by atoms with E-state index in [0.29, 0.717) is 6.04 Å². The van der Waals surface area contributed by atoms with Crippen molar-refractivity contribution in [2.24, 2.45) is 0 Å². The molecule has 0 saturated heterocycles. The van der Waals surface area contributed by atoms with Gasteiger partial charge in [0.1, 0.15) is 5.82 Å². The highest BCUT2D eigenvalue weighted by molar-refractivity contribution is 5.03. The van der Waals surface area contributed by atoms with Crippen LogP contribution in [0.5, 0.6) is 0 Å². The van der Waals surface area contributed by atoms with Crippen molar-refractivity contribution >= 4 is 0 Å². The molecule has 0 aromatic carbocycles. The van der Waals surface area contributed by atoms with E-state index in [-0.39, 0.29) is 0 Å². The number of aromatic nitrogens is 2. The highest BCUT2D eigenvalue weighted by Gasteiger charge is 2.26. The highest BCUT2D eigenvalue weighted by Crippen LogP contribution is 2.36. The fourth-order valence-corrected chi connectivity index (χ4v) is 1.45. The van der Waals surface area contributed by atoms with Crippen LogP contribution in [0.15, 0.2) is 12.4 Å². The van der Waals surface area contributed by atoms with Gasteiger partial charge in [-0.3, -0.25) is 0 Å². The average Bonchev–Trinajstić information content (AvgIpc) is 2.83. The van der Waals surface area contributed by atoms with Crippen molar-refractivity contribution < 1.29 is 0 Å². The summed E-state index contributed by atoms with van der Waals surface area (Å²) in [6.07, 6.45) is 6.61. The SMILES string of the molecule is CN[C@H](C)c1nccn1C1CC1. The molecule has 1 atom stereocenters. The summed E-state index contributed by atoms with van der Waals surface area (Å²) in [5.41, 5.74) is 0. The second-order valence-corrected chi connectivity index (χ2v) is 3.43. The molecule has 0 radical (unpaired) electrons. The van der Waals surface area contributed by atoms with Crippen molar-refractivity contribution in [2.45, 2.75) is 31.8 Å². The second kappa shape index (κ2) is 2.90. The molecule has 12 heavy (non-hydrogen) atoms. The van der Waals surface area contributed by atoms with Crippen LogP contribution < -0.4 is 5.32 Å². The van der Waals surface area contributed by atoms with E-state index in [4.69, 9.17) is 0 Å². The van der Waals surface area contributed by atoms with Gasteiger partial charge in [0.05, 0.1) is 6.04 Å². The summed E-state index contributed by atoms with van der Waals surface area (Å²) < 4.78 is 2.29. The van der Waals surface area contributed by atoms with Crippen LogP contribution in [0.2, 0.25) is 0 Å². The number of rotatable bonds is 3. The molecule has 3 nitrogen and oxygen atoms in total. The standard InChI is InChI=1S/C9H15N3/c1-7(10-2)9-11-5-6-12(9)8-3-4-8/h5-8,10H,3-4H2,1-2H3/t7-/m1/s1. The van der Waals surface area contributed by atoms with E-state index >= 15 is 0 Å². The lowest BCUT2D eigenvalue weighted by atomic mass is 10.3. The van der Waals surface area contributed by atoms with Crippen molar-refractivity contribution in [1.29, 1.82) is 0 Å². The maximum Gasteiger partial charge on any atom is 0.125 e. The Morgan fingerprint density at radius 1 is 1.67 bits per heavy atom. The van der Waals surface area contributed by atoms with Gasteiger partial charge in [-0.05, 0) is 26.8 Å². The molecule has 0 unspecified atom stereocenters. The molecule has 1 aromatic rings. The Balaban J connectivity index is 2.23. The van der Waals surface area contributed by atoms with Gasteiger partial charge in [-0.15, -0.1) is 0 Å². The minimum Gasteiger partial charge on any atom is -0.331 e. The monoisotopic (exact) mass is 165 g/mol. The molecular weight excluding hydrogens is 150 g/mol. The Morgan fingerprint density at radius 2 is 2.42 bits per heavy atom. The number of imidazole rings is 1. The molecule has 66 valence electrons. The zero-order chi connectivity index (χ0) is 8.55. The second-order valence-electron chi connectivity index (χ2n) is 3.43. The fraction of sp³-hybridized carbons (Fsp3) is 0.667. The molecule has 1 saturated carbocycles. The molecule has 1 aliphatic carbocycles. The van der Waals surface area contributed by atoms with Gasteiger partial charge in [-0.2, -0.15) is 0 Å². The van der Waals surface area contributed by atoms with E-state index in [1.54, 1.807) is 0 Å². The van der Waals surface area contributed by atoms with Crippen LogP contribution in [0, 0.1) is 0 Å². The molecule has 0 amide bonds. The zero-order valence-corrected chi connectivity index (χ0v) is 7.62. The van der Waals surface area contributed by atoms with Crippen LogP contribution >= 0.6 is 0 Å². The van der Waals surface area contributed by atoms with Crippen LogP contribution in [0.4, 0.5) is 0 Å². The van der Waals surface area contributed by atoms with Crippen LogP contribution in [0.25, 0.3) is 0 Å². The largest absolute Gasteiger partial charge is 0.331 e. The van der Waals surface area contributed by atoms with Gasteiger partial charge in [0.15, 0.2) is 0 Å². The summed E-state index contributed by atoms with van der Waals surface area (Å²) in [5.74, 6) is 1.17. The third-order valence-electron chi connectivity index (χ3n) is 2.46. The molecular formula is C9H15N3. The molecule has 1 N–H and O–H groups in total. The first kappa shape index (κ1) is 7.80.